The second-order valence-corrected chi connectivity index (χ2v) is 9.69. The monoisotopic (exact) mass is 468 g/mol. The van der Waals surface area contributed by atoms with E-state index in [1.54, 1.807) is 29.2 Å². The lowest BCUT2D eigenvalue weighted by Crippen LogP contribution is -2.24. The number of aromatic nitrogens is 4. The first kappa shape index (κ1) is 19.5. The van der Waals surface area contributed by atoms with Gasteiger partial charge >= 0.3 is 0 Å². The zero-order valence-corrected chi connectivity index (χ0v) is 19.2. The molecule has 7 nitrogen and oxygen atoms in total. The minimum absolute atomic E-state index is 0.0777. The van der Waals surface area contributed by atoms with Crippen LogP contribution in [0.25, 0.3) is 42.6 Å². The lowest BCUT2D eigenvalue weighted by molar-refractivity contribution is 0.414. The van der Waals surface area contributed by atoms with E-state index in [1.807, 2.05) is 36.5 Å². The van der Waals surface area contributed by atoms with Crippen molar-refractivity contribution in [1.82, 2.24) is 19.5 Å². The van der Waals surface area contributed by atoms with Crippen LogP contribution in [0.1, 0.15) is 30.1 Å². The number of H-pyrrole nitrogens is 1. The van der Waals surface area contributed by atoms with Gasteiger partial charge in [-0.05, 0) is 48.6 Å². The summed E-state index contributed by atoms with van der Waals surface area (Å²) < 4.78 is 13.8. The molecule has 0 saturated heterocycles. The summed E-state index contributed by atoms with van der Waals surface area (Å²) in [6.45, 7) is 0.259. The second kappa shape index (κ2) is 7.30. The number of hydrogen-bond acceptors (Lipinski definition) is 6. The molecule has 0 atom stereocenters. The third-order valence-corrected chi connectivity index (χ3v) is 7.72. The summed E-state index contributed by atoms with van der Waals surface area (Å²) in [5.74, 6) is 2.52. The predicted octanol–water partition coefficient (Wildman–Crippen LogP) is 5.68. The first-order valence-corrected chi connectivity index (χ1v) is 12.0. The molecule has 1 N–H and O–H groups in total. The lowest BCUT2D eigenvalue weighted by atomic mass is 10.0. The van der Waals surface area contributed by atoms with E-state index in [9.17, 15) is 4.79 Å². The average molecular weight is 469 g/mol. The van der Waals surface area contributed by atoms with Gasteiger partial charge in [0.2, 0.25) is 0 Å². The number of ether oxygens (including phenoxy) is 1. The number of thiophene rings is 1. The van der Waals surface area contributed by atoms with Crippen molar-refractivity contribution in [3.8, 4) is 17.1 Å². The Morgan fingerprint density at radius 3 is 2.94 bits per heavy atom. The Kier molecular flexibility index (Phi) is 4.20. The van der Waals surface area contributed by atoms with Gasteiger partial charge in [-0.15, -0.1) is 11.3 Å². The van der Waals surface area contributed by atoms with Crippen molar-refractivity contribution in [2.45, 2.75) is 25.3 Å². The number of oxazole rings is 1. The lowest BCUT2D eigenvalue weighted by Gasteiger charge is -2.15. The van der Waals surface area contributed by atoms with Gasteiger partial charge in [0.25, 0.3) is 5.56 Å². The predicted molar refractivity (Wildman–Crippen MR) is 133 cm³/mol. The smallest absolute Gasteiger partial charge is 0.263 e. The molecule has 1 saturated carbocycles. The Hall–Kier alpha value is -3.91. The highest BCUT2D eigenvalue weighted by Gasteiger charge is 2.29. The number of fused-ring (bicyclic) bond motifs is 5. The number of hydrogen-bond donors (Lipinski definition) is 1. The van der Waals surface area contributed by atoms with Gasteiger partial charge in [0.05, 0.1) is 35.5 Å². The first-order valence-electron chi connectivity index (χ1n) is 11.2. The first-order chi connectivity index (χ1) is 16.7. The van der Waals surface area contributed by atoms with Crippen molar-refractivity contribution < 1.29 is 9.15 Å². The summed E-state index contributed by atoms with van der Waals surface area (Å²) in [6, 6.07) is 12.1. The SMILES string of the molecule is COc1ccc(-c2nc3sc4c(ccc5cc[nH]c54)c3c(=O)n2Cc2cnco2)c(C2CC2)c1. The van der Waals surface area contributed by atoms with Crippen molar-refractivity contribution in [1.29, 1.82) is 0 Å². The maximum absolute atomic E-state index is 14.1. The van der Waals surface area contributed by atoms with E-state index >= 15 is 0 Å². The van der Waals surface area contributed by atoms with E-state index < -0.39 is 0 Å². The summed E-state index contributed by atoms with van der Waals surface area (Å²) >= 11 is 1.56. The summed E-state index contributed by atoms with van der Waals surface area (Å²) in [4.78, 5) is 27.3. The quantitative estimate of drug-likeness (QED) is 0.352. The fourth-order valence-electron chi connectivity index (χ4n) is 4.77. The van der Waals surface area contributed by atoms with Crippen molar-refractivity contribution in [3.63, 3.8) is 0 Å². The van der Waals surface area contributed by atoms with Gasteiger partial charge in [-0.1, -0.05) is 12.1 Å². The van der Waals surface area contributed by atoms with E-state index in [1.165, 1.54) is 12.0 Å². The van der Waals surface area contributed by atoms with Gasteiger partial charge < -0.3 is 14.1 Å². The van der Waals surface area contributed by atoms with Crippen LogP contribution in [-0.4, -0.2) is 26.6 Å². The second-order valence-electron chi connectivity index (χ2n) is 8.69. The zero-order valence-electron chi connectivity index (χ0n) is 18.4. The van der Waals surface area contributed by atoms with E-state index in [0.29, 0.717) is 22.9 Å². The van der Waals surface area contributed by atoms with Crippen LogP contribution < -0.4 is 10.3 Å². The molecule has 1 aliphatic carbocycles. The fraction of sp³-hybridized carbons (Fsp3) is 0.192. The molecule has 0 aliphatic heterocycles. The molecule has 1 fully saturated rings. The van der Waals surface area contributed by atoms with E-state index in [2.05, 4.69) is 16.0 Å². The molecule has 0 amide bonds. The topological polar surface area (TPSA) is 85.9 Å². The zero-order chi connectivity index (χ0) is 22.8. The number of aromatic amines is 1. The van der Waals surface area contributed by atoms with Crippen LogP contribution in [0, 0.1) is 0 Å². The average Bonchev–Trinajstić information content (AvgIpc) is 3.22. The van der Waals surface area contributed by atoms with Crippen LogP contribution >= 0.6 is 11.3 Å². The number of methoxy groups -OCH3 is 1. The molecule has 2 aromatic carbocycles. The van der Waals surface area contributed by atoms with Crippen LogP contribution in [0.15, 0.2) is 64.4 Å². The van der Waals surface area contributed by atoms with Gasteiger partial charge in [-0.25, -0.2) is 9.97 Å². The Bertz CT molecular complexity index is 1760. The molecule has 0 bridgehead atoms. The molecular weight excluding hydrogens is 448 g/mol. The molecule has 4 aromatic heterocycles. The van der Waals surface area contributed by atoms with Gasteiger partial charge in [0.1, 0.15) is 22.2 Å². The molecule has 8 heteroatoms. The van der Waals surface area contributed by atoms with E-state index in [4.69, 9.17) is 14.1 Å². The Labute approximate surface area is 197 Å². The third kappa shape index (κ3) is 2.92. The van der Waals surface area contributed by atoms with Gasteiger partial charge in [-0.2, -0.15) is 0 Å². The Balaban J connectivity index is 1.56. The maximum atomic E-state index is 14.1. The molecule has 4 heterocycles. The fourth-order valence-corrected chi connectivity index (χ4v) is 5.95. The minimum atomic E-state index is -0.0777. The number of benzene rings is 2. The number of nitrogens with one attached hydrogen (secondary N) is 1. The minimum Gasteiger partial charge on any atom is -0.497 e. The largest absolute Gasteiger partial charge is 0.497 e. The Morgan fingerprint density at radius 2 is 2.15 bits per heavy atom. The maximum Gasteiger partial charge on any atom is 0.263 e. The number of rotatable bonds is 5. The molecule has 6 aromatic rings. The summed E-state index contributed by atoms with van der Waals surface area (Å²) in [7, 11) is 1.67. The molecule has 7 rings (SSSR count). The van der Waals surface area contributed by atoms with Gasteiger partial charge in [0.15, 0.2) is 6.39 Å². The summed E-state index contributed by atoms with van der Waals surface area (Å²) in [5, 5.41) is 2.68. The van der Waals surface area contributed by atoms with Gasteiger partial charge in [-0.3, -0.25) is 9.36 Å². The summed E-state index contributed by atoms with van der Waals surface area (Å²) in [5.41, 5.74) is 3.09. The van der Waals surface area contributed by atoms with Crippen molar-refractivity contribution >= 4 is 42.5 Å². The highest BCUT2D eigenvalue weighted by atomic mass is 32.1. The molecule has 0 spiro atoms. The van der Waals surface area contributed by atoms with Gasteiger partial charge in [0, 0.05) is 22.5 Å². The normalized spacial score (nSPS) is 13.9. The molecule has 168 valence electrons. The van der Waals surface area contributed by atoms with Crippen LogP contribution in [0.3, 0.4) is 0 Å². The standard InChI is InChI=1S/C26H20N4O3S/c1-32-16-5-7-18(20(10-16)14-2-3-14)24-29-25-21(26(31)30(24)12-17-11-27-13-33-17)19-6-4-15-8-9-28-22(15)23(19)34-25/h4-11,13-14,28H,2-3,12H2,1H3. The van der Waals surface area contributed by atoms with Crippen molar-refractivity contribution in [2.75, 3.05) is 7.11 Å². The van der Waals surface area contributed by atoms with Crippen molar-refractivity contribution in [2.24, 2.45) is 0 Å². The Morgan fingerprint density at radius 1 is 1.24 bits per heavy atom. The van der Waals surface area contributed by atoms with Crippen LogP contribution in [0.2, 0.25) is 0 Å². The highest BCUT2D eigenvalue weighted by Crippen LogP contribution is 2.46. The highest BCUT2D eigenvalue weighted by molar-refractivity contribution is 7.26. The van der Waals surface area contributed by atoms with Crippen molar-refractivity contribution in [3.05, 3.63) is 76.9 Å². The molecule has 0 unspecified atom stereocenters. The van der Waals surface area contributed by atoms with E-state index in [-0.39, 0.29) is 12.1 Å². The van der Waals surface area contributed by atoms with Crippen LogP contribution in [0.4, 0.5) is 0 Å². The molecule has 34 heavy (non-hydrogen) atoms. The number of nitrogens with zero attached hydrogens (tertiary/aromatic N) is 3. The van der Waals surface area contributed by atoms with E-state index in [0.717, 1.165) is 50.0 Å². The third-order valence-electron chi connectivity index (χ3n) is 6.60. The molecule has 1 aliphatic rings. The van der Waals surface area contributed by atoms with Crippen LogP contribution in [-0.2, 0) is 6.54 Å². The molecular formula is C26H20N4O3S. The van der Waals surface area contributed by atoms with Crippen LogP contribution in [0.5, 0.6) is 5.75 Å². The molecule has 0 radical (unpaired) electrons. The summed E-state index contributed by atoms with van der Waals surface area (Å²) in [6.07, 6.45) is 7.21.